The largest absolute Gasteiger partial charge is 0.436 e. The Morgan fingerprint density at radius 1 is 0.365 bits per heavy atom. The fourth-order valence-electron chi connectivity index (χ4n) is 7.42. The molecule has 0 fully saturated rings. The minimum Gasteiger partial charge on any atom is -0.436 e. The van der Waals surface area contributed by atoms with Gasteiger partial charge in [-0.15, -0.1) is 0 Å². The van der Waals surface area contributed by atoms with Gasteiger partial charge < -0.3 is 9.32 Å². The van der Waals surface area contributed by atoms with Crippen LogP contribution in [-0.4, -0.2) is 4.98 Å². The van der Waals surface area contributed by atoms with Gasteiger partial charge in [-0.2, -0.15) is 0 Å². The van der Waals surface area contributed by atoms with E-state index < -0.39 is 0 Å². The van der Waals surface area contributed by atoms with Crippen LogP contribution in [0.25, 0.3) is 77.1 Å². The minimum absolute atomic E-state index is 0.622. The van der Waals surface area contributed by atoms with Crippen LogP contribution in [0.3, 0.4) is 0 Å². The van der Waals surface area contributed by atoms with Crippen LogP contribution in [0, 0.1) is 0 Å². The second-order valence-electron chi connectivity index (χ2n) is 13.2. The molecule has 0 saturated carbocycles. The summed E-state index contributed by atoms with van der Waals surface area (Å²) in [5, 5.41) is 6.88. The maximum atomic E-state index is 6.40. The van der Waals surface area contributed by atoms with Gasteiger partial charge in [0.25, 0.3) is 0 Å². The molecule has 0 amide bonds. The first-order valence-corrected chi connectivity index (χ1v) is 17.6. The number of nitrogens with zero attached hydrogens (tertiary/aromatic N) is 2. The van der Waals surface area contributed by atoms with Crippen LogP contribution in [0.5, 0.6) is 0 Å². The molecule has 3 heteroatoms. The highest BCUT2D eigenvalue weighted by Gasteiger charge is 2.19. The van der Waals surface area contributed by atoms with E-state index in [1.54, 1.807) is 0 Å². The molecule has 0 unspecified atom stereocenters. The molecular formula is C49H32N2O. The van der Waals surface area contributed by atoms with E-state index in [1.165, 1.54) is 38.4 Å². The average molecular weight is 665 g/mol. The van der Waals surface area contributed by atoms with Crippen LogP contribution in [0.4, 0.5) is 17.1 Å². The van der Waals surface area contributed by atoms with E-state index in [1.807, 2.05) is 0 Å². The Bertz CT molecular complexity index is 2890. The van der Waals surface area contributed by atoms with Gasteiger partial charge in [-0.05, 0) is 104 Å². The van der Waals surface area contributed by atoms with Gasteiger partial charge in [0.05, 0.1) is 5.69 Å². The molecule has 0 saturated heterocycles. The predicted octanol–water partition coefficient (Wildman–Crippen LogP) is 13.8. The van der Waals surface area contributed by atoms with Gasteiger partial charge >= 0.3 is 0 Å². The number of rotatable bonds is 6. The number of oxazole rings is 1. The summed E-state index contributed by atoms with van der Waals surface area (Å²) < 4.78 is 6.40. The fourth-order valence-corrected chi connectivity index (χ4v) is 7.42. The van der Waals surface area contributed by atoms with E-state index in [2.05, 4.69) is 199 Å². The highest BCUT2D eigenvalue weighted by atomic mass is 16.3. The lowest BCUT2D eigenvalue weighted by Crippen LogP contribution is -2.10. The molecule has 0 atom stereocenters. The third-order valence-electron chi connectivity index (χ3n) is 10.1. The average Bonchev–Trinajstić information content (AvgIpc) is 3.67. The summed E-state index contributed by atoms with van der Waals surface area (Å²) in [5.74, 6) is 0.622. The molecule has 52 heavy (non-hydrogen) atoms. The summed E-state index contributed by atoms with van der Waals surface area (Å²) in [5.41, 5.74) is 10.6. The van der Waals surface area contributed by atoms with E-state index in [9.17, 15) is 0 Å². The Hall–Kier alpha value is -6.97. The van der Waals surface area contributed by atoms with Gasteiger partial charge in [-0.1, -0.05) is 133 Å². The van der Waals surface area contributed by atoms with Crippen molar-refractivity contribution in [2.45, 2.75) is 0 Å². The predicted molar refractivity (Wildman–Crippen MR) is 218 cm³/mol. The molecule has 1 heterocycles. The zero-order valence-electron chi connectivity index (χ0n) is 28.3. The van der Waals surface area contributed by atoms with Crippen molar-refractivity contribution >= 4 is 60.5 Å². The molecule has 10 rings (SSSR count). The molecule has 244 valence electrons. The molecule has 0 aliphatic rings. The molecule has 0 radical (unpaired) electrons. The van der Waals surface area contributed by atoms with Crippen molar-refractivity contribution in [1.82, 2.24) is 4.98 Å². The van der Waals surface area contributed by atoms with Crippen LogP contribution in [0.2, 0.25) is 0 Å². The number of anilines is 3. The zero-order chi connectivity index (χ0) is 34.4. The number of benzene rings is 9. The quantitative estimate of drug-likeness (QED) is 0.177. The van der Waals surface area contributed by atoms with Gasteiger partial charge in [0.1, 0.15) is 5.52 Å². The maximum Gasteiger partial charge on any atom is 0.227 e. The molecule has 10 aromatic rings. The standard InChI is InChI=1S/C49H32N2O/c1-3-10-33(11-4-1)36-22-25-42(26-23-36)51(43-27-24-39-30-38(19-20-40(39)32-43)34-12-5-2-6-13-34)46-17-9-16-45-44(46)28-29-47-48(45)50-49(52-47)41-21-18-35-14-7-8-15-37(35)31-41/h1-32H. The Balaban J connectivity index is 1.12. The van der Waals surface area contributed by atoms with Gasteiger partial charge in [0.2, 0.25) is 5.89 Å². The van der Waals surface area contributed by atoms with Crippen molar-refractivity contribution in [2.24, 2.45) is 0 Å². The molecule has 0 aliphatic carbocycles. The zero-order valence-corrected chi connectivity index (χ0v) is 28.3. The summed E-state index contributed by atoms with van der Waals surface area (Å²) in [4.78, 5) is 7.46. The van der Waals surface area contributed by atoms with Crippen molar-refractivity contribution in [3.05, 3.63) is 194 Å². The highest BCUT2D eigenvalue weighted by molar-refractivity contribution is 6.11. The Morgan fingerprint density at radius 2 is 0.942 bits per heavy atom. The van der Waals surface area contributed by atoms with Crippen molar-refractivity contribution < 1.29 is 4.42 Å². The van der Waals surface area contributed by atoms with Gasteiger partial charge in [0, 0.05) is 27.7 Å². The first-order valence-electron chi connectivity index (χ1n) is 17.6. The van der Waals surface area contributed by atoms with Crippen molar-refractivity contribution in [1.29, 1.82) is 0 Å². The van der Waals surface area contributed by atoms with Gasteiger partial charge in [0.15, 0.2) is 5.58 Å². The summed E-state index contributed by atoms with van der Waals surface area (Å²) in [6.07, 6.45) is 0. The topological polar surface area (TPSA) is 29.3 Å². The van der Waals surface area contributed by atoms with Gasteiger partial charge in [-0.25, -0.2) is 4.98 Å². The molecular weight excluding hydrogens is 633 g/mol. The molecule has 0 N–H and O–H groups in total. The summed E-state index contributed by atoms with van der Waals surface area (Å²) in [6, 6.07) is 68.9. The summed E-state index contributed by atoms with van der Waals surface area (Å²) in [6.45, 7) is 0. The number of aromatic nitrogens is 1. The number of hydrogen-bond donors (Lipinski definition) is 0. The highest BCUT2D eigenvalue weighted by Crippen LogP contribution is 2.42. The molecule has 0 bridgehead atoms. The molecule has 0 spiro atoms. The summed E-state index contributed by atoms with van der Waals surface area (Å²) in [7, 11) is 0. The van der Waals surface area contributed by atoms with E-state index in [4.69, 9.17) is 9.40 Å². The normalized spacial score (nSPS) is 11.5. The van der Waals surface area contributed by atoms with Crippen molar-refractivity contribution in [3.8, 4) is 33.7 Å². The molecule has 0 aliphatic heterocycles. The fraction of sp³-hybridized carbons (Fsp3) is 0. The lowest BCUT2D eigenvalue weighted by molar-refractivity contribution is 0.620. The smallest absolute Gasteiger partial charge is 0.227 e. The van der Waals surface area contributed by atoms with Crippen molar-refractivity contribution in [3.63, 3.8) is 0 Å². The molecule has 3 nitrogen and oxygen atoms in total. The Labute approximate surface area is 301 Å². The lowest BCUT2D eigenvalue weighted by Gasteiger charge is -2.27. The van der Waals surface area contributed by atoms with E-state index in [0.717, 1.165) is 49.9 Å². The van der Waals surface area contributed by atoms with E-state index in [-0.39, 0.29) is 0 Å². The van der Waals surface area contributed by atoms with Crippen LogP contribution >= 0.6 is 0 Å². The first-order chi connectivity index (χ1) is 25.7. The second-order valence-corrected chi connectivity index (χ2v) is 13.2. The second kappa shape index (κ2) is 12.4. The summed E-state index contributed by atoms with van der Waals surface area (Å²) >= 11 is 0. The molecule has 9 aromatic carbocycles. The van der Waals surface area contributed by atoms with Crippen LogP contribution in [0.15, 0.2) is 199 Å². The van der Waals surface area contributed by atoms with Crippen LogP contribution in [-0.2, 0) is 0 Å². The van der Waals surface area contributed by atoms with Gasteiger partial charge in [-0.3, -0.25) is 0 Å². The van der Waals surface area contributed by atoms with Crippen LogP contribution in [0.1, 0.15) is 0 Å². The van der Waals surface area contributed by atoms with Crippen molar-refractivity contribution in [2.75, 3.05) is 4.90 Å². The minimum atomic E-state index is 0.622. The third-order valence-corrected chi connectivity index (χ3v) is 10.1. The Kier molecular flexibility index (Phi) is 7.14. The lowest BCUT2D eigenvalue weighted by atomic mass is 10.00. The first kappa shape index (κ1) is 29.9. The van der Waals surface area contributed by atoms with E-state index in [0.29, 0.717) is 5.89 Å². The SMILES string of the molecule is c1ccc(-c2ccc(N(c3ccc4cc(-c5ccccc5)ccc4c3)c3cccc4c3ccc3oc(-c5ccc6ccccc6c5)nc34)cc2)cc1. The van der Waals surface area contributed by atoms with E-state index >= 15 is 0 Å². The Morgan fingerprint density at radius 3 is 1.75 bits per heavy atom. The maximum absolute atomic E-state index is 6.40. The number of fused-ring (bicyclic) bond motifs is 5. The monoisotopic (exact) mass is 664 g/mol. The molecule has 1 aromatic heterocycles. The number of hydrogen-bond acceptors (Lipinski definition) is 3. The van der Waals surface area contributed by atoms with Crippen LogP contribution < -0.4 is 4.90 Å². The third kappa shape index (κ3) is 5.28.